The summed E-state index contributed by atoms with van der Waals surface area (Å²) < 4.78 is 0. The first kappa shape index (κ1) is 15.3. The third-order valence-corrected chi connectivity index (χ3v) is 3.31. The Morgan fingerprint density at radius 2 is 2.24 bits per heavy atom. The highest BCUT2D eigenvalue weighted by atomic mass is 16.2. The van der Waals surface area contributed by atoms with Gasteiger partial charge in [0.1, 0.15) is 5.82 Å². The molecule has 0 unspecified atom stereocenters. The number of nitrogens with one attached hydrogen (secondary N) is 2. The van der Waals surface area contributed by atoms with E-state index in [2.05, 4.69) is 22.5 Å². The third kappa shape index (κ3) is 3.93. The first-order valence-electron chi connectivity index (χ1n) is 7.44. The third-order valence-electron chi connectivity index (χ3n) is 3.31. The van der Waals surface area contributed by atoms with Crippen LogP contribution < -0.4 is 10.6 Å². The van der Waals surface area contributed by atoms with Crippen molar-refractivity contribution in [2.24, 2.45) is 0 Å². The van der Waals surface area contributed by atoms with E-state index >= 15 is 0 Å². The summed E-state index contributed by atoms with van der Waals surface area (Å²) >= 11 is 0. The molecule has 0 bridgehead atoms. The zero-order valence-corrected chi connectivity index (χ0v) is 12.6. The smallest absolute Gasteiger partial charge is 0.254 e. The van der Waals surface area contributed by atoms with Crippen LogP contribution in [0.4, 0.5) is 5.82 Å². The molecule has 6 nitrogen and oxygen atoms in total. The molecule has 2 N–H and O–H groups in total. The first-order chi connectivity index (χ1) is 10.1. The van der Waals surface area contributed by atoms with Crippen molar-refractivity contribution in [2.75, 3.05) is 31.5 Å². The lowest BCUT2D eigenvalue weighted by molar-refractivity contribution is -0.123. The van der Waals surface area contributed by atoms with Crippen LogP contribution in [0, 0.1) is 0 Å². The molecule has 6 heteroatoms. The molecule has 114 valence electrons. The van der Waals surface area contributed by atoms with Gasteiger partial charge in [-0.25, -0.2) is 4.98 Å². The molecule has 0 saturated carbocycles. The van der Waals surface area contributed by atoms with Crippen molar-refractivity contribution in [3.63, 3.8) is 0 Å². The van der Waals surface area contributed by atoms with Crippen molar-refractivity contribution in [3.05, 3.63) is 23.4 Å². The van der Waals surface area contributed by atoms with Crippen molar-refractivity contribution >= 4 is 17.6 Å². The molecule has 1 aliphatic heterocycles. The van der Waals surface area contributed by atoms with Gasteiger partial charge < -0.3 is 15.5 Å². The predicted octanol–water partition coefficient (Wildman–Crippen LogP) is 1.04. The van der Waals surface area contributed by atoms with Crippen molar-refractivity contribution < 1.29 is 9.59 Å². The Bertz CT molecular complexity index is 506. The van der Waals surface area contributed by atoms with Crippen LogP contribution in [-0.2, 0) is 11.2 Å². The zero-order valence-electron chi connectivity index (χ0n) is 12.6. The number of carbonyl (C=O) groups is 2. The molecule has 1 saturated heterocycles. The quantitative estimate of drug-likeness (QED) is 0.849. The van der Waals surface area contributed by atoms with E-state index in [9.17, 15) is 9.59 Å². The molecule has 2 heterocycles. The highest BCUT2D eigenvalue weighted by Gasteiger charge is 2.23. The number of piperazine rings is 1. The van der Waals surface area contributed by atoms with Crippen molar-refractivity contribution in [2.45, 2.75) is 26.7 Å². The molecule has 2 rings (SSSR count). The van der Waals surface area contributed by atoms with Crippen molar-refractivity contribution in [1.82, 2.24) is 15.2 Å². The molecule has 1 aromatic rings. The average Bonchev–Trinajstić information content (AvgIpc) is 2.47. The Morgan fingerprint density at radius 1 is 1.43 bits per heavy atom. The molecular formula is C15H22N4O2. The lowest BCUT2D eigenvalue weighted by Gasteiger charge is -2.27. The van der Waals surface area contributed by atoms with Gasteiger partial charge in [0.25, 0.3) is 5.91 Å². The molecular weight excluding hydrogens is 268 g/mol. The summed E-state index contributed by atoms with van der Waals surface area (Å²) in [6, 6.07) is 3.59. The molecule has 0 aromatic carbocycles. The van der Waals surface area contributed by atoms with Crippen LogP contribution in [0.3, 0.4) is 0 Å². The summed E-state index contributed by atoms with van der Waals surface area (Å²) in [6.45, 7) is 6.01. The van der Waals surface area contributed by atoms with Gasteiger partial charge in [0, 0.05) is 30.9 Å². The van der Waals surface area contributed by atoms with Gasteiger partial charge in [-0.1, -0.05) is 13.3 Å². The fraction of sp³-hybridized carbons (Fsp3) is 0.533. The maximum atomic E-state index is 12.5. The maximum Gasteiger partial charge on any atom is 0.254 e. The molecule has 0 atom stereocenters. The Kier molecular flexibility index (Phi) is 5.14. The van der Waals surface area contributed by atoms with Crippen LogP contribution in [0.25, 0.3) is 0 Å². The van der Waals surface area contributed by atoms with E-state index in [1.165, 1.54) is 0 Å². The molecule has 1 fully saturated rings. The number of nitrogens with zero attached hydrogens (tertiary/aromatic N) is 2. The number of hydrogen-bond acceptors (Lipinski definition) is 4. The molecule has 0 aliphatic carbocycles. The zero-order chi connectivity index (χ0) is 15.2. The number of pyridine rings is 1. The molecule has 1 aromatic heterocycles. The lowest BCUT2D eigenvalue weighted by Crippen LogP contribution is -2.50. The van der Waals surface area contributed by atoms with E-state index in [1.54, 1.807) is 11.0 Å². The van der Waals surface area contributed by atoms with Crippen LogP contribution in [0.2, 0.25) is 0 Å². The average molecular weight is 290 g/mol. The van der Waals surface area contributed by atoms with Crippen LogP contribution in [0.15, 0.2) is 12.1 Å². The fourth-order valence-corrected chi connectivity index (χ4v) is 2.36. The Hall–Kier alpha value is -2.11. The van der Waals surface area contributed by atoms with Crippen molar-refractivity contribution in [1.29, 1.82) is 0 Å². The fourth-order valence-electron chi connectivity index (χ4n) is 2.36. The van der Waals surface area contributed by atoms with Gasteiger partial charge in [-0.05, 0) is 25.5 Å². The summed E-state index contributed by atoms with van der Waals surface area (Å²) in [7, 11) is 0. The van der Waals surface area contributed by atoms with Crippen LogP contribution >= 0.6 is 0 Å². The minimum Gasteiger partial charge on any atom is -0.370 e. The number of carbonyl (C=O) groups excluding carboxylic acids is 2. The summed E-state index contributed by atoms with van der Waals surface area (Å²) in [5.41, 5.74) is 1.50. The van der Waals surface area contributed by atoms with Crippen LogP contribution in [-0.4, -0.2) is 47.9 Å². The van der Waals surface area contributed by atoms with Crippen molar-refractivity contribution in [3.8, 4) is 0 Å². The van der Waals surface area contributed by atoms with Gasteiger partial charge in [0.2, 0.25) is 5.91 Å². The summed E-state index contributed by atoms with van der Waals surface area (Å²) in [5.74, 6) is 0.501. The SMILES string of the molecule is CCCc1cc(C(=O)N2CCNC(=O)C2)cc(NCC)n1. The van der Waals surface area contributed by atoms with Gasteiger partial charge in [0.15, 0.2) is 0 Å². The van der Waals surface area contributed by atoms with Gasteiger partial charge in [0.05, 0.1) is 6.54 Å². The minimum absolute atomic E-state index is 0.107. The second kappa shape index (κ2) is 7.06. The number of anilines is 1. The molecule has 1 aliphatic rings. The Labute approximate surface area is 124 Å². The van der Waals surface area contributed by atoms with Gasteiger partial charge in [-0.2, -0.15) is 0 Å². The monoisotopic (exact) mass is 290 g/mol. The highest BCUT2D eigenvalue weighted by molar-refractivity contribution is 5.97. The van der Waals surface area contributed by atoms with Crippen LogP contribution in [0.5, 0.6) is 0 Å². The molecule has 0 spiro atoms. The largest absolute Gasteiger partial charge is 0.370 e. The number of hydrogen-bond donors (Lipinski definition) is 2. The molecule has 21 heavy (non-hydrogen) atoms. The number of aryl methyl sites for hydroxylation is 1. The first-order valence-corrected chi connectivity index (χ1v) is 7.44. The number of aromatic nitrogens is 1. The van der Waals surface area contributed by atoms with E-state index in [0.717, 1.165) is 25.1 Å². The summed E-state index contributed by atoms with van der Waals surface area (Å²) in [5, 5.41) is 5.88. The summed E-state index contributed by atoms with van der Waals surface area (Å²) in [6.07, 6.45) is 1.81. The number of rotatable bonds is 5. The summed E-state index contributed by atoms with van der Waals surface area (Å²) in [4.78, 5) is 30.0. The normalized spacial score (nSPS) is 14.8. The van der Waals surface area contributed by atoms with Crippen LogP contribution in [0.1, 0.15) is 36.3 Å². The van der Waals surface area contributed by atoms with Gasteiger partial charge in [-0.3, -0.25) is 9.59 Å². The predicted molar refractivity (Wildman–Crippen MR) is 81.3 cm³/mol. The minimum atomic E-state index is -0.108. The molecule has 2 amide bonds. The van der Waals surface area contributed by atoms with E-state index in [-0.39, 0.29) is 18.4 Å². The van der Waals surface area contributed by atoms with E-state index in [4.69, 9.17) is 0 Å². The lowest BCUT2D eigenvalue weighted by atomic mass is 10.1. The topological polar surface area (TPSA) is 74.3 Å². The van der Waals surface area contributed by atoms with E-state index < -0.39 is 0 Å². The van der Waals surface area contributed by atoms with Gasteiger partial charge >= 0.3 is 0 Å². The second-order valence-electron chi connectivity index (χ2n) is 5.09. The van der Waals surface area contributed by atoms with E-state index in [0.29, 0.717) is 24.5 Å². The Balaban J connectivity index is 2.23. The second-order valence-corrected chi connectivity index (χ2v) is 5.09. The standard InChI is InChI=1S/C15H22N4O2/c1-3-5-12-8-11(9-13(18-12)16-4-2)15(21)19-7-6-17-14(20)10-19/h8-9H,3-7,10H2,1-2H3,(H,16,18)(H,17,20). The van der Waals surface area contributed by atoms with Gasteiger partial charge in [-0.15, -0.1) is 0 Å². The molecule has 0 radical (unpaired) electrons. The highest BCUT2D eigenvalue weighted by Crippen LogP contribution is 2.15. The van der Waals surface area contributed by atoms with E-state index in [1.807, 2.05) is 13.0 Å². The Morgan fingerprint density at radius 3 is 2.90 bits per heavy atom. The maximum absolute atomic E-state index is 12.5. The number of amides is 2.